The number of aromatic nitrogens is 1. The molecule has 17 heavy (non-hydrogen) atoms. The van der Waals surface area contributed by atoms with Crippen LogP contribution < -0.4 is 0 Å². The molecule has 0 atom stereocenters. The van der Waals surface area contributed by atoms with E-state index in [1.54, 1.807) is 24.4 Å². The van der Waals surface area contributed by atoms with Crippen LogP contribution in [0.4, 0.5) is 5.69 Å². The molecule has 2 rings (SSSR count). The molecule has 0 aliphatic carbocycles. The second-order valence-electron chi connectivity index (χ2n) is 3.31. The molecule has 0 aliphatic rings. The number of nitriles is 1. The van der Waals surface area contributed by atoms with Crippen molar-refractivity contribution in [3.63, 3.8) is 0 Å². The summed E-state index contributed by atoms with van der Waals surface area (Å²) in [5.41, 5.74) is 1.06. The van der Waals surface area contributed by atoms with E-state index in [4.69, 9.17) is 5.26 Å². The lowest BCUT2D eigenvalue weighted by Gasteiger charge is -2.04. The van der Waals surface area contributed by atoms with Gasteiger partial charge in [0.15, 0.2) is 0 Å². The van der Waals surface area contributed by atoms with Crippen molar-refractivity contribution in [3.05, 3.63) is 58.4 Å². The molecular weight excluding hydrogens is 218 g/mol. The zero-order valence-corrected chi connectivity index (χ0v) is 8.70. The van der Waals surface area contributed by atoms with Crippen molar-refractivity contribution in [3.8, 4) is 17.2 Å². The van der Waals surface area contributed by atoms with Crippen molar-refractivity contribution in [2.24, 2.45) is 0 Å². The maximum Gasteiger partial charge on any atom is 0.278 e. The fourth-order valence-corrected chi connectivity index (χ4v) is 1.60. The van der Waals surface area contributed by atoms with Gasteiger partial charge in [0.1, 0.15) is 6.07 Å². The molecule has 0 radical (unpaired) electrons. The van der Waals surface area contributed by atoms with Gasteiger partial charge in [0.05, 0.1) is 16.1 Å². The van der Waals surface area contributed by atoms with Crippen LogP contribution in [-0.2, 0) is 0 Å². The summed E-state index contributed by atoms with van der Waals surface area (Å²) in [5, 5.41) is 19.9. The number of pyridine rings is 1. The molecule has 0 amide bonds. The van der Waals surface area contributed by atoms with Crippen molar-refractivity contribution in [1.82, 2.24) is 4.98 Å². The van der Waals surface area contributed by atoms with Crippen LogP contribution in [0.1, 0.15) is 5.56 Å². The Labute approximate surface area is 97.1 Å². The van der Waals surface area contributed by atoms with E-state index in [9.17, 15) is 10.1 Å². The molecule has 2 aromatic rings. The van der Waals surface area contributed by atoms with Crippen molar-refractivity contribution in [2.45, 2.75) is 0 Å². The van der Waals surface area contributed by atoms with E-state index in [0.29, 0.717) is 11.1 Å². The van der Waals surface area contributed by atoms with Gasteiger partial charge in [-0.3, -0.25) is 15.1 Å². The van der Waals surface area contributed by atoms with E-state index in [1.807, 2.05) is 6.07 Å². The Morgan fingerprint density at radius 3 is 2.71 bits per heavy atom. The molecule has 0 saturated carbocycles. The Balaban J connectivity index is 2.75. The van der Waals surface area contributed by atoms with Gasteiger partial charge in [-0.2, -0.15) is 5.26 Å². The Morgan fingerprint density at radius 1 is 1.29 bits per heavy atom. The SMILES string of the molecule is N#Cc1cccc([N+](=O)[O-])c1-c1cccnc1. The van der Waals surface area contributed by atoms with Gasteiger partial charge < -0.3 is 0 Å². The molecule has 0 spiro atoms. The van der Waals surface area contributed by atoms with Crippen molar-refractivity contribution in [2.75, 3.05) is 0 Å². The minimum absolute atomic E-state index is 0.0861. The summed E-state index contributed by atoms with van der Waals surface area (Å²) in [4.78, 5) is 14.3. The molecule has 82 valence electrons. The number of rotatable bonds is 2. The van der Waals surface area contributed by atoms with Gasteiger partial charge >= 0.3 is 0 Å². The number of nitro groups is 1. The third-order valence-corrected chi connectivity index (χ3v) is 2.31. The molecule has 1 aromatic carbocycles. The third-order valence-electron chi connectivity index (χ3n) is 2.31. The highest BCUT2D eigenvalue weighted by Crippen LogP contribution is 2.32. The number of hydrogen-bond donors (Lipinski definition) is 0. The van der Waals surface area contributed by atoms with Crippen molar-refractivity contribution >= 4 is 5.69 Å². The summed E-state index contributed by atoms with van der Waals surface area (Å²) in [7, 11) is 0. The summed E-state index contributed by atoms with van der Waals surface area (Å²) in [5.74, 6) is 0. The Morgan fingerprint density at radius 2 is 2.12 bits per heavy atom. The fourth-order valence-electron chi connectivity index (χ4n) is 1.60. The highest BCUT2D eigenvalue weighted by Gasteiger charge is 2.18. The van der Waals surface area contributed by atoms with Crippen molar-refractivity contribution in [1.29, 1.82) is 5.26 Å². The maximum absolute atomic E-state index is 10.9. The predicted molar refractivity (Wildman–Crippen MR) is 61.0 cm³/mol. The standard InChI is InChI=1S/C12H7N3O2/c13-7-9-3-1-5-11(15(16)17)12(9)10-4-2-6-14-8-10/h1-6,8H. The molecule has 1 heterocycles. The largest absolute Gasteiger partial charge is 0.278 e. The highest BCUT2D eigenvalue weighted by atomic mass is 16.6. The minimum atomic E-state index is -0.497. The van der Waals surface area contributed by atoms with Gasteiger partial charge in [-0.25, -0.2) is 0 Å². The molecule has 0 unspecified atom stereocenters. The van der Waals surface area contributed by atoms with Gasteiger partial charge in [0.2, 0.25) is 0 Å². The van der Waals surface area contributed by atoms with Gasteiger partial charge in [-0.15, -0.1) is 0 Å². The van der Waals surface area contributed by atoms with E-state index in [0.717, 1.165) is 0 Å². The second-order valence-corrected chi connectivity index (χ2v) is 3.31. The quantitative estimate of drug-likeness (QED) is 0.581. The Hall–Kier alpha value is -2.74. The lowest BCUT2D eigenvalue weighted by molar-refractivity contribution is -0.384. The number of benzene rings is 1. The van der Waals surface area contributed by atoms with Crippen LogP contribution in [0.15, 0.2) is 42.7 Å². The first kappa shape index (κ1) is 10.8. The fraction of sp³-hybridized carbons (Fsp3) is 0. The smallest absolute Gasteiger partial charge is 0.264 e. The normalized spacial score (nSPS) is 9.59. The Kier molecular flexibility index (Phi) is 2.79. The lowest BCUT2D eigenvalue weighted by Crippen LogP contribution is -1.94. The molecule has 0 N–H and O–H groups in total. The number of nitro benzene ring substituents is 1. The predicted octanol–water partition coefficient (Wildman–Crippen LogP) is 2.53. The molecule has 0 bridgehead atoms. The summed E-state index contributed by atoms with van der Waals surface area (Å²) in [6.45, 7) is 0. The number of hydrogen-bond acceptors (Lipinski definition) is 4. The van der Waals surface area contributed by atoms with Crippen LogP contribution in [0.3, 0.4) is 0 Å². The maximum atomic E-state index is 10.9. The summed E-state index contributed by atoms with van der Waals surface area (Å²) >= 11 is 0. The first-order valence-electron chi connectivity index (χ1n) is 4.82. The molecule has 0 saturated heterocycles. The average Bonchev–Trinajstić information content (AvgIpc) is 2.38. The van der Waals surface area contributed by atoms with E-state index in [-0.39, 0.29) is 11.3 Å². The molecule has 0 fully saturated rings. The van der Waals surface area contributed by atoms with Crippen LogP contribution in [0.25, 0.3) is 11.1 Å². The van der Waals surface area contributed by atoms with Crippen LogP contribution in [0.2, 0.25) is 0 Å². The average molecular weight is 225 g/mol. The second kappa shape index (κ2) is 4.41. The molecular formula is C12H7N3O2. The van der Waals surface area contributed by atoms with E-state index >= 15 is 0 Å². The molecule has 5 nitrogen and oxygen atoms in total. The molecule has 1 aromatic heterocycles. The monoisotopic (exact) mass is 225 g/mol. The number of nitrogens with zero attached hydrogens (tertiary/aromatic N) is 3. The summed E-state index contributed by atoms with van der Waals surface area (Å²) in [6, 6.07) is 9.75. The third kappa shape index (κ3) is 1.96. The van der Waals surface area contributed by atoms with Gasteiger partial charge in [-0.05, 0) is 12.1 Å². The summed E-state index contributed by atoms with van der Waals surface area (Å²) < 4.78 is 0. The van der Waals surface area contributed by atoms with E-state index < -0.39 is 4.92 Å². The van der Waals surface area contributed by atoms with Crippen molar-refractivity contribution < 1.29 is 4.92 Å². The van der Waals surface area contributed by atoms with Crippen LogP contribution in [-0.4, -0.2) is 9.91 Å². The molecule has 0 aliphatic heterocycles. The lowest BCUT2D eigenvalue weighted by atomic mass is 10.00. The topological polar surface area (TPSA) is 79.8 Å². The zero-order chi connectivity index (χ0) is 12.3. The van der Waals surface area contributed by atoms with Crippen LogP contribution >= 0.6 is 0 Å². The summed E-state index contributed by atoms with van der Waals surface area (Å²) in [6.07, 6.45) is 3.08. The first-order valence-corrected chi connectivity index (χ1v) is 4.82. The van der Waals surface area contributed by atoms with Crippen LogP contribution in [0.5, 0.6) is 0 Å². The Bertz CT molecular complexity index is 603. The van der Waals surface area contributed by atoms with Gasteiger partial charge in [-0.1, -0.05) is 12.1 Å². The van der Waals surface area contributed by atoms with E-state index in [2.05, 4.69) is 4.98 Å². The van der Waals surface area contributed by atoms with Gasteiger partial charge in [0, 0.05) is 24.0 Å². The first-order chi connectivity index (χ1) is 8.24. The van der Waals surface area contributed by atoms with Gasteiger partial charge in [0.25, 0.3) is 5.69 Å². The molecule has 5 heteroatoms. The zero-order valence-electron chi connectivity index (χ0n) is 8.70. The van der Waals surface area contributed by atoms with Crippen LogP contribution in [0, 0.1) is 21.4 Å². The van der Waals surface area contributed by atoms with E-state index in [1.165, 1.54) is 18.3 Å². The minimum Gasteiger partial charge on any atom is -0.264 e. The highest BCUT2D eigenvalue weighted by molar-refractivity contribution is 5.78.